The van der Waals surface area contributed by atoms with Gasteiger partial charge in [-0.3, -0.25) is 9.36 Å². The van der Waals surface area contributed by atoms with Gasteiger partial charge < -0.3 is 15.7 Å². The third kappa shape index (κ3) is 4.61. The van der Waals surface area contributed by atoms with Crippen molar-refractivity contribution >= 4 is 34.7 Å². The van der Waals surface area contributed by atoms with Crippen LogP contribution in [-0.4, -0.2) is 37.1 Å². The summed E-state index contributed by atoms with van der Waals surface area (Å²) in [6, 6.07) is 0.687. The average molecular weight is 422 g/mol. The van der Waals surface area contributed by atoms with Crippen LogP contribution in [0.25, 0.3) is 11.2 Å². The molecule has 1 atom stereocenters. The van der Waals surface area contributed by atoms with Crippen LogP contribution in [0.5, 0.6) is 0 Å². The summed E-state index contributed by atoms with van der Waals surface area (Å²) in [6.07, 6.45) is 2.42. The number of aromatic nitrogens is 4. The molecule has 0 bridgehead atoms. The number of fused-ring (bicyclic) bond motifs is 1. The number of benzene rings is 1. The summed E-state index contributed by atoms with van der Waals surface area (Å²) in [4.78, 5) is 23.9. The van der Waals surface area contributed by atoms with E-state index >= 15 is 0 Å². The summed E-state index contributed by atoms with van der Waals surface area (Å²) >= 11 is 0. The van der Waals surface area contributed by atoms with E-state index in [2.05, 4.69) is 25.6 Å². The van der Waals surface area contributed by atoms with E-state index in [1.54, 1.807) is 11.5 Å². The van der Waals surface area contributed by atoms with Crippen molar-refractivity contribution in [2.75, 3.05) is 17.2 Å². The molecule has 0 aliphatic carbocycles. The molecule has 0 aliphatic rings. The molecule has 1 aromatic carbocycles. The third-order valence-electron chi connectivity index (χ3n) is 4.43. The molecule has 0 radical (unpaired) electrons. The van der Waals surface area contributed by atoms with E-state index in [0.717, 1.165) is 6.42 Å². The fraction of sp³-hybridized carbons (Fsp3) is 0.368. The monoisotopic (exact) mass is 422 g/mol. The van der Waals surface area contributed by atoms with Gasteiger partial charge in [0.15, 0.2) is 17.3 Å². The number of nitrogens with one attached hydrogen (secondary N) is 2. The van der Waals surface area contributed by atoms with Crippen molar-refractivity contribution in [2.24, 2.45) is 0 Å². The first-order valence-corrected chi connectivity index (χ1v) is 9.42. The molecule has 0 spiro atoms. The Morgan fingerprint density at radius 1 is 1.23 bits per heavy atom. The van der Waals surface area contributed by atoms with Gasteiger partial charge in [0.2, 0.25) is 11.9 Å². The molecular weight excluding hydrogens is 401 g/mol. The van der Waals surface area contributed by atoms with Crippen LogP contribution in [0.1, 0.15) is 39.2 Å². The Balaban J connectivity index is 2.07. The molecule has 2 heterocycles. The van der Waals surface area contributed by atoms with E-state index in [1.165, 1.54) is 6.20 Å². The number of hydrogen-bond donors (Lipinski definition) is 3. The van der Waals surface area contributed by atoms with Crippen molar-refractivity contribution in [3.05, 3.63) is 35.8 Å². The molecule has 8 nitrogen and oxygen atoms in total. The summed E-state index contributed by atoms with van der Waals surface area (Å²) < 4.78 is 43.1. The highest BCUT2D eigenvalue weighted by atomic mass is 19.1. The fourth-order valence-electron chi connectivity index (χ4n) is 2.95. The first-order chi connectivity index (χ1) is 14.3. The van der Waals surface area contributed by atoms with Crippen LogP contribution in [0.3, 0.4) is 0 Å². The lowest BCUT2D eigenvalue weighted by atomic mass is 10.2. The van der Waals surface area contributed by atoms with Gasteiger partial charge in [0, 0.05) is 31.1 Å². The zero-order valence-electron chi connectivity index (χ0n) is 16.4. The van der Waals surface area contributed by atoms with Crippen LogP contribution in [0.15, 0.2) is 18.3 Å². The van der Waals surface area contributed by atoms with E-state index in [1.807, 2.05) is 6.92 Å². The Hall–Kier alpha value is -3.37. The van der Waals surface area contributed by atoms with Crippen molar-refractivity contribution in [1.82, 2.24) is 19.5 Å². The normalized spacial score (nSPS) is 12.2. The molecule has 3 N–H and O–H groups in total. The van der Waals surface area contributed by atoms with Crippen molar-refractivity contribution in [1.29, 1.82) is 0 Å². The largest absolute Gasteiger partial charge is 0.481 e. The molecule has 0 saturated heterocycles. The molecule has 160 valence electrons. The van der Waals surface area contributed by atoms with Crippen molar-refractivity contribution in [3.8, 4) is 0 Å². The second-order valence-corrected chi connectivity index (χ2v) is 6.79. The molecule has 3 aromatic rings. The minimum Gasteiger partial charge on any atom is -0.481 e. The minimum absolute atomic E-state index is 0.0363. The maximum absolute atomic E-state index is 14.1. The highest BCUT2D eigenvalue weighted by molar-refractivity contribution is 5.77. The maximum Gasteiger partial charge on any atom is 0.303 e. The Labute approximate surface area is 170 Å². The second-order valence-electron chi connectivity index (χ2n) is 6.79. The van der Waals surface area contributed by atoms with Crippen LogP contribution in [0.4, 0.5) is 30.8 Å². The molecule has 0 fully saturated rings. The fourth-order valence-corrected chi connectivity index (χ4v) is 2.95. The predicted octanol–water partition coefficient (Wildman–Crippen LogP) is 4.23. The highest BCUT2D eigenvalue weighted by Crippen LogP contribution is 2.30. The topological polar surface area (TPSA) is 105 Å². The number of hydrogen-bond acceptors (Lipinski definition) is 6. The van der Waals surface area contributed by atoms with Gasteiger partial charge in [-0.1, -0.05) is 6.92 Å². The van der Waals surface area contributed by atoms with Gasteiger partial charge in [-0.25, -0.2) is 23.1 Å². The zero-order valence-corrected chi connectivity index (χ0v) is 16.4. The van der Waals surface area contributed by atoms with Crippen LogP contribution in [0, 0.1) is 17.5 Å². The van der Waals surface area contributed by atoms with Gasteiger partial charge in [-0.2, -0.15) is 4.98 Å². The molecule has 3 rings (SSSR count). The Kier molecular flexibility index (Phi) is 6.38. The van der Waals surface area contributed by atoms with Crippen molar-refractivity contribution in [3.63, 3.8) is 0 Å². The van der Waals surface area contributed by atoms with E-state index in [0.29, 0.717) is 35.8 Å². The van der Waals surface area contributed by atoms with Crippen LogP contribution in [0.2, 0.25) is 0 Å². The molecule has 0 unspecified atom stereocenters. The average Bonchev–Trinajstić information content (AvgIpc) is 3.04. The number of carboxylic acid groups (broad SMARTS) is 1. The number of nitrogens with zero attached hydrogens (tertiary/aromatic N) is 4. The van der Waals surface area contributed by atoms with Gasteiger partial charge in [-0.15, -0.1) is 0 Å². The standard InChI is InChI=1S/C19H21F3N6O2/c1-3-6-23-18-24-9-14-17(27-18)28(10(2)4-5-15(29)30)19(25-14)26-16-12(21)7-11(20)8-13(16)22/h7-10H,3-6H2,1-2H3,(H,25,26)(H,29,30)(H,23,24,27)/t10-/m1/s1. The molecule has 30 heavy (non-hydrogen) atoms. The first-order valence-electron chi connectivity index (χ1n) is 9.42. The smallest absolute Gasteiger partial charge is 0.303 e. The summed E-state index contributed by atoms with van der Waals surface area (Å²) in [6.45, 7) is 4.37. The second kappa shape index (κ2) is 8.97. The number of carbonyl (C=O) groups is 1. The minimum atomic E-state index is -1.12. The van der Waals surface area contributed by atoms with Gasteiger partial charge in [0.25, 0.3) is 0 Å². The van der Waals surface area contributed by atoms with E-state index in [9.17, 15) is 18.0 Å². The number of imidazole rings is 1. The van der Waals surface area contributed by atoms with Gasteiger partial charge in [0.05, 0.1) is 6.20 Å². The Morgan fingerprint density at radius 3 is 2.57 bits per heavy atom. The SMILES string of the molecule is CCCNc1ncc2nc(Nc3c(F)cc(F)cc3F)n([C@H](C)CCC(=O)O)c2n1. The number of rotatable bonds is 9. The molecule has 0 aliphatic heterocycles. The predicted molar refractivity (Wildman–Crippen MR) is 105 cm³/mol. The summed E-state index contributed by atoms with van der Waals surface area (Å²) in [5.41, 5.74) is 0.146. The summed E-state index contributed by atoms with van der Waals surface area (Å²) in [7, 11) is 0. The van der Waals surface area contributed by atoms with E-state index in [4.69, 9.17) is 5.11 Å². The lowest BCUT2D eigenvalue weighted by Crippen LogP contribution is -2.13. The van der Waals surface area contributed by atoms with E-state index in [-0.39, 0.29) is 18.8 Å². The summed E-state index contributed by atoms with van der Waals surface area (Å²) in [5, 5.41) is 14.6. The molecule has 0 amide bonds. The van der Waals surface area contributed by atoms with Crippen LogP contribution >= 0.6 is 0 Å². The quantitative estimate of drug-likeness (QED) is 0.474. The number of anilines is 3. The number of halogens is 3. The maximum atomic E-state index is 14.1. The molecule has 0 saturated carbocycles. The van der Waals surface area contributed by atoms with Crippen molar-refractivity contribution < 1.29 is 23.1 Å². The Morgan fingerprint density at radius 2 is 1.93 bits per heavy atom. The third-order valence-corrected chi connectivity index (χ3v) is 4.43. The number of carboxylic acids is 1. The molecular formula is C19H21F3N6O2. The molecule has 11 heteroatoms. The lowest BCUT2D eigenvalue weighted by Gasteiger charge is -2.17. The van der Waals surface area contributed by atoms with Gasteiger partial charge in [0.1, 0.15) is 17.0 Å². The van der Waals surface area contributed by atoms with Crippen LogP contribution in [-0.2, 0) is 4.79 Å². The van der Waals surface area contributed by atoms with Gasteiger partial charge >= 0.3 is 5.97 Å². The van der Waals surface area contributed by atoms with Crippen molar-refractivity contribution in [2.45, 2.75) is 39.2 Å². The Bertz CT molecular complexity index is 1050. The molecule has 2 aromatic heterocycles. The first kappa shape index (κ1) is 21.3. The van der Waals surface area contributed by atoms with E-state index < -0.39 is 35.2 Å². The van der Waals surface area contributed by atoms with Gasteiger partial charge in [-0.05, 0) is 19.8 Å². The zero-order chi connectivity index (χ0) is 21.8. The number of aliphatic carboxylic acids is 1. The van der Waals surface area contributed by atoms with Crippen LogP contribution < -0.4 is 10.6 Å². The lowest BCUT2D eigenvalue weighted by molar-refractivity contribution is -0.137. The highest BCUT2D eigenvalue weighted by Gasteiger charge is 2.21. The summed E-state index contributed by atoms with van der Waals surface area (Å²) in [5.74, 6) is -3.88.